The van der Waals surface area contributed by atoms with E-state index in [2.05, 4.69) is 20.9 Å². The summed E-state index contributed by atoms with van der Waals surface area (Å²) < 4.78 is 52.6. The van der Waals surface area contributed by atoms with Gasteiger partial charge in [-0.25, -0.2) is 22.2 Å². The van der Waals surface area contributed by atoms with Crippen molar-refractivity contribution in [2.75, 3.05) is 4.72 Å². The molecule has 0 unspecified atom stereocenters. The summed E-state index contributed by atoms with van der Waals surface area (Å²) in [6, 6.07) is 5.64. The van der Waals surface area contributed by atoms with Crippen LogP contribution in [0.2, 0.25) is 0 Å². The maximum Gasteiger partial charge on any atom is 0.263 e. The number of nitriles is 1. The highest BCUT2D eigenvalue weighted by Gasteiger charge is 2.18. The number of halogens is 3. The summed E-state index contributed by atoms with van der Waals surface area (Å²) >= 11 is 2.84. The fourth-order valence-corrected chi connectivity index (χ4v) is 2.76. The molecule has 1 N–H and O–H groups in total. The first kappa shape index (κ1) is 15.3. The molecule has 2 aromatic rings. The van der Waals surface area contributed by atoms with Crippen molar-refractivity contribution in [3.8, 4) is 6.07 Å². The molecule has 2 rings (SSSR count). The van der Waals surface area contributed by atoms with Gasteiger partial charge in [0.1, 0.15) is 28.3 Å². The molecule has 21 heavy (non-hydrogen) atoms. The molecule has 9 heteroatoms. The molecule has 0 atom stereocenters. The molecule has 5 nitrogen and oxygen atoms in total. The zero-order valence-electron chi connectivity index (χ0n) is 10.1. The maximum atomic E-state index is 13.5. The number of benzene rings is 1. The van der Waals surface area contributed by atoms with Gasteiger partial charge in [0, 0.05) is 12.3 Å². The van der Waals surface area contributed by atoms with Crippen LogP contribution in [0.25, 0.3) is 0 Å². The van der Waals surface area contributed by atoms with E-state index in [-0.39, 0.29) is 15.1 Å². The Morgan fingerprint density at radius 1 is 1.24 bits per heavy atom. The van der Waals surface area contributed by atoms with Gasteiger partial charge < -0.3 is 0 Å². The molecule has 1 aromatic heterocycles. The monoisotopic (exact) mass is 373 g/mol. The van der Waals surface area contributed by atoms with E-state index >= 15 is 0 Å². The highest BCUT2D eigenvalue weighted by Crippen LogP contribution is 2.25. The van der Waals surface area contributed by atoms with Crippen LogP contribution in [0, 0.1) is 23.0 Å². The SMILES string of the molecule is N#Cc1ccc(S(=O)(=O)Nc2cc(Br)c(F)cc2F)cn1. The molecule has 0 aliphatic rings. The van der Waals surface area contributed by atoms with Crippen LogP contribution in [0.4, 0.5) is 14.5 Å². The van der Waals surface area contributed by atoms with Gasteiger partial charge in [0.05, 0.1) is 10.2 Å². The Morgan fingerprint density at radius 3 is 2.52 bits per heavy atom. The molecular weight excluding hydrogens is 368 g/mol. The molecule has 0 saturated heterocycles. The zero-order valence-corrected chi connectivity index (χ0v) is 12.5. The van der Waals surface area contributed by atoms with Crippen LogP contribution in [0.1, 0.15) is 5.69 Å². The summed E-state index contributed by atoms with van der Waals surface area (Å²) in [4.78, 5) is 3.37. The Kier molecular flexibility index (Phi) is 4.20. The van der Waals surface area contributed by atoms with Crippen LogP contribution in [0.15, 0.2) is 39.8 Å². The van der Waals surface area contributed by atoms with E-state index in [1.165, 1.54) is 6.07 Å². The van der Waals surface area contributed by atoms with Crippen molar-refractivity contribution in [3.63, 3.8) is 0 Å². The Morgan fingerprint density at radius 2 is 1.95 bits per heavy atom. The fraction of sp³-hybridized carbons (Fsp3) is 0. The molecule has 0 aliphatic heterocycles. The van der Waals surface area contributed by atoms with Gasteiger partial charge in [-0.15, -0.1) is 0 Å². The van der Waals surface area contributed by atoms with Crippen molar-refractivity contribution in [1.29, 1.82) is 5.26 Å². The minimum Gasteiger partial charge on any atom is -0.277 e. The third-order valence-corrected chi connectivity index (χ3v) is 4.37. The van der Waals surface area contributed by atoms with E-state index in [4.69, 9.17) is 5.26 Å². The first-order valence-electron chi connectivity index (χ1n) is 5.37. The van der Waals surface area contributed by atoms with E-state index < -0.39 is 27.3 Å². The predicted octanol–water partition coefficient (Wildman–Crippen LogP) is 2.79. The standard InChI is InChI=1S/C12H6BrF2N3O2S/c13-9-3-12(11(15)4-10(9)14)18-21(19,20)8-2-1-7(5-16)17-6-8/h1-4,6,18H. The maximum absolute atomic E-state index is 13.5. The third-order valence-electron chi connectivity index (χ3n) is 2.42. The summed E-state index contributed by atoms with van der Waals surface area (Å²) in [6.07, 6.45) is 0.970. The van der Waals surface area contributed by atoms with Crippen molar-refractivity contribution in [2.45, 2.75) is 4.90 Å². The Labute approximate surface area is 127 Å². The van der Waals surface area contributed by atoms with Gasteiger partial charge in [0.2, 0.25) is 0 Å². The Balaban J connectivity index is 2.37. The lowest BCUT2D eigenvalue weighted by Crippen LogP contribution is -2.14. The normalized spacial score (nSPS) is 11.0. The second kappa shape index (κ2) is 5.75. The second-order valence-corrected chi connectivity index (χ2v) is 6.38. The van der Waals surface area contributed by atoms with Crippen molar-refractivity contribution in [2.24, 2.45) is 0 Å². The minimum atomic E-state index is -4.10. The summed E-state index contributed by atoms with van der Waals surface area (Å²) in [5.41, 5.74) is -0.364. The number of nitrogens with one attached hydrogen (secondary N) is 1. The van der Waals surface area contributed by atoms with Gasteiger partial charge in [0.25, 0.3) is 10.0 Å². The molecule has 1 aromatic carbocycles. The summed E-state index contributed by atoms with van der Waals surface area (Å²) in [7, 11) is -4.10. The lowest BCUT2D eigenvalue weighted by molar-refractivity contribution is 0.579. The van der Waals surface area contributed by atoms with Gasteiger partial charge in [-0.3, -0.25) is 4.72 Å². The van der Waals surface area contributed by atoms with Crippen molar-refractivity contribution in [1.82, 2.24) is 4.98 Å². The number of rotatable bonds is 3. The number of nitrogens with zero attached hydrogens (tertiary/aromatic N) is 2. The van der Waals surface area contributed by atoms with E-state index in [1.807, 2.05) is 4.72 Å². The molecule has 0 bridgehead atoms. The van der Waals surface area contributed by atoms with Crippen LogP contribution in [0.5, 0.6) is 0 Å². The quantitative estimate of drug-likeness (QED) is 0.838. The first-order valence-corrected chi connectivity index (χ1v) is 7.64. The second-order valence-electron chi connectivity index (χ2n) is 3.84. The van der Waals surface area contributed by atoms with Crippen LogP contribution in [0.3, 0.4) is 0 Å². The highest BCUT2D eigenvalue weighted by atomic mass is 79.9. The number of anilines is 1. The number of hydrogen-bond donors (Lipinski definition) is 1. The molecule has 0 saturated carbocycles. The fourth-order valence-electron chi connectivity index (χ4n) is 1.41. The summed E-state index contributed by atoms with van der Waals surface area (Å²) in [6.45, 7) is 0. The molecular formula is C12H6BrF2N3O2S. The molecule has 0 fully saturated rings. The highest BCUT2D eigenvalue weighted by molar-refractivity contribution is 9.10. The van der Waals surface area contributed by atoms with Gasteiger partial charge in [-0.05, 0) is 34.1 Å². The van der Waals surface area contributed by atoms with Crippen LogP contribution in [-0.4, -0.2) is 13.4 Å². The number of pyridine rings is 1. The average molecular weight is 374 g/mol. The van der Waals surface area contributed by atoms with Crippen LogP contribution >= 0.6 is 15.9 Å². The first-order chi connectivity index (χ1) is 9.83. The van der Waals surface area contributed by atoms with E-state index in [0.29, 0.717) is 6.07 Å². The molecule has 108 valence electrons. The van der Waals surface area contributed by atoms with Crippen molar-refractivity contribution < 1.29 is 17.2 Å². The summed E-state index contributed by atoms with van der Waals surface area (Å²) in [5, 5.41) is 8.59. The van der Waals surface area contributed by atoms with Gasteiger partial charge in [-0.2, -0.15) is 5.26 Å². The Hall–Kier alpha value is -2.05. The number of aromatic nitrogens is 1. The van der Waals surface area contributed by atoms with Crippen LogP contribution < -0.4 is 4.72 Å². The molecule has 1 heterocycles. The van der Waals surface area contributed by atoms with Crippen molar-refractivity contribution in [3.05, 3.63) is 52.3 Å². The predicted molar refractivity (Wildman–Crippen MR) is 73.8 cm³/mol. The molecule has 0 amide bonds. The lowest BCUT2D eigenvalue weighted by atomic mass is 10.3. The molecule has 0 aliphatic carbocycles. The minimum absolute atomic E-state index is 0.0460. The largest absolute Gasteiger partial charge is 0.277 e. The van der Waals surface area contributed by atoms with Gasteiger partial charge >= 0.3 is 0 Å². The van der Waals surface area contributed by atoms with E-state index in [0.717, 1.165) is 18.3 Å². The molecule has 0 radical (unpaired) electrons. The van der Waals surface area contributed by atoms with E-state index in [1.54, 1.807) is 6.07 Å². The van der Waals surface area contributed by atoms with E-state index in [9.17, 15) is 17.2 Å². The lowest BCUT2D eigenvalue weighted by Gasteiger charge is -2.09. The average Bonchev–Trinajstić information content (AvgIpc) is 2.44. The smallest absolute Gasteiger partial charge is 0.263 e. The van der Waals surface area contributed by atoms with Crippen LogP contribution in [-0.2, 0) is 10.0 Å². The van der Waals surface area contributed by atoms with Gasteiger partial charge in [0.15, 0.2) is 0 Å². The summed E-state index contributed by atoms with van der Waals surface area (Å²) in [5.74, 6) is -1.91. The van der Waals surface area contributed by atoms with Crippen molar-refractivity contribution >= 4 is 31.6 Å². The topological polar surface area (TPSA) is 82.8 Å². The zero-order chi connectivity index (χ0) is 15.6. The Bertz CT molecular complexity index is 833. The van der Waals surface area contributed by atoms with Gasteiger partial charge in [-0.1, -0.05) is 0 Å². The third kappa shape index (κ3) is 3.34. The molecule has 0 spiro atoms. The number of sulfonamides is 1. The number of hydrogen-bond acceptors (Lipinski definition) is 4.